The minimum absolute atomic E-state index is 0.108. The summed E-state index contributed by atoms with van der Waals surface area (Å²) in [4.78, 5) is 1.12. The van der Waals surface area contributed by atoms with Crippen LogP contribution < -0.4 is 10.5 Å². The molecule has 70 valence electrons. The van der Waals surface area contributed by atoms with Gasteiger partial charge in [-0.25, -0.2) is 0 Å². The highest BCUT2D eigenvalue weighted by molar-refractivity contribution is 7.99. The van der Waals surface area contributed by atoms with Crippen molar-refractivity contribution in [1.82, 2.24) is 0 Å². The molecule has 1 atom stereocenters. The standard InChI is InChI=1S/C9H10ClNOS/c10-6-1-2-9-8(3-6)12-4-7(11)5-13-9/h1-3,7H,4-5,11H2. The van der Waals surface area contributed by atoms with Gasteiger partial charge in [-0.1, -0.05) is 11.6 Å². The Hall–Kier alpha value is -0.380. The lowest BCUT2D eigenvalue weighted by atomic mass is 10.3. The van der Waals surface area contributed by atoms with Crippen LogP contribution in [-0.4, -0.2) is 18.4 Å². The smallest absolute Gasteiger partial charge is 0.134 e. The van der Waals surface area contributed by atoms with E-state index in [0.717, 1.165) is 16.4 Å². The molecule has 2 rings (SSSR count). The minimum Gasteiger partial charge on any atom is -0.491 e. The molecule has 4 heteroatoms. The van der Waals surface area contributed by atoms with E-state index < -0.39 is 0 Å². The predicted molar refractivity (Wildman–Crippen MR) is 55.6 cm³/mol. The van der Waals surface area contributed by atoms with Gasteiger partial charge in [0, 0.05) is 21.7 Å². The molecular weight excluding hydrogens is 206 g/mol. The van der Waals surface area contributed by atoms with Crippen molar-refractivity contribution in [3.05, 3.63) is 23.2 Å². The summed E-state index contributed by atoms with van der Waals surface area (Å²) in [6.07, 6.45) is 0. The molecule has 0 saturated heterocycles. The monoisotopic (exact) mass is 215 g/mol. The Morgan fingerprint density at radius 3 is 3.23 bits per heavy atom. The Morgan fingerprint density at radius 2 is 2.38 bits per heavy atom. The molecule has 0 fully saturated rings. The molecule has 0 radical (unpaired) electrons. The third kappa shape index (κ3) is 2.10. The quantitative estimate of drug-likeness (QED) is 0.721. The summed E-state index contributed by atoms with van der Waals surface area (Å²) >= 11 is 7.56. The van der Waals surface area contributed by atoms with E-state index in [4.69, 9.17) is 22.1 Å². The minimum atomic E-state index is 0.108. The summed E-state index contributed by atoms with van der Waals surface area (Å²) in [6, 6.07) is 5.78. The molecule has 1 aromatic rings. The van der Waals surface area contributed by atoms with E-state index in [1.807, 2.05) is 18.2 Å². The molecule has 1 unspecified atom stereocenters. The number of rotatable bonds is 0. The van der Waals surface area contributed by atoms with Crippen molar-refractivity contribution >= 4 is 23.4 Å². The molecule has 0 bridgehead atoms. The van der Waals surface area contributed by atoms with Gasteiger partial charge >= 0.3 is 0 Å². The molecule has 13 heavy (non-hydrogen) atoms. The van der Waals surface area contributed by atoms with Gasteiger partial charge in [0.15, 0.2) is 0 Å². The number of nitrogens with two attached hydrogens (primary N) is 1. The second kappa shape index (κ2) is 3.78. The molecule has 2 N–H and O–H groups in total. The van der Waals surface area contributed by atoms with Crippen molar-refractivity contribution in [2.24, 2.45) is 5.73 Å². The van der Waals surface area contributed by atoms with Crippen molar-refractivity contribution in [3.8, 4) is 5.75 Å². The Kier molecular flexibility index (Phi) is 2.67. The zero-order valence-corrected chi connectivity index (χ0v) is 8.57. The van der Waals surface area contributed by atoms with E-state index in [1.54, 1.807) is 11.8 Å². The van der Waals surface area contributed by atoms with Gasteiger partial charge < -0.3 is 10.5 Å². The van der Waals surface area contributed by atoms with E-state index in [9.17, 15) is 0 Å². The van der Waals surface area contributed by atoms with E-state index in [1.165, 1.54) is 0 Å². The van der Waals surface area contributed by atoms with Crippen LogP contribution in [0.25, 0.3) is 0 Å². The topological polar surface area (TPSA) is 35.2 Å². The lowest BCUT2D eigenvalue weighted by molar-refractivity contribution is 0.295. The third-order valence-corrected chi connectivity index (χ3v) is 3.29. The maximum absolute atomic E-state index is 5.85. The van der Waals surface area contributed by atoms with E-state index >= 15 is 0 Å². The van der Waals surface area contributed by atoms with E-state index in [2.05, 4.69) is 0 Å². The Morgan fingerprint density at radius 1 is 1.54 bits per heavy atom. The summed E-state index contributed by atoms with van der Waals surface area (Å²) in [5, 5.41) is 0.704. The van der Waals surface area contributed by atoms with Crippen LogP contribution >= 0.6 is 23.4 Å². The number of benzene rings is 1. The average molecular weight is 216 g/mol. The fourth-order valence-corrected chi connectivity index (χ4v) is 2.23. The molecule has 0 saturated carbocycles. The SMILES string of the molecule is NC1COc2cc(Cl)ccc2SC1. The van der Waals surface area contributed by atoms with Crippen LogP contribution in [0.3, 0.4) is 0 Å². The molecule has 1 aliphatic heterocycles. The van der Waals surface area contributed by atoms with Gasteiger partial charge in [-0.05, 0) is 18.2 Å². The highest BCUT2D eigenvalue weighted by Gasteiger charge is 2.14. The number of halogens is 1. The number of hydrogen-bond donors (Lipinski definition) is 1. The van der Waals surface area contributed by atoms with Gasteiger partial charge in [0.2, 0.25) is 0 Å². The summed E-state index contributed by atoms with van der Waals surface area (Å²) in [5.41, 5.74) is 5.77. The molecule has 2 nitrogen and oxygen atoms in total. The van der Waals surface area contributed by atoms with Crippen LogP contribution in [-0.2, 0) is 0 Å². The number of hydrogen-bond acceptors (Lipinski definition) is 3. The zero-order chi connectivity index (χ0) is 9.26. The highest BCUT2D eigenvalue weighted by atomic mass is 35.5. The van der Waals surface area contributed by atoms with Crippen molar-refractivity contribution in [2.75, 3.05) is 12.4 Å². The Bertz CT molecular complexity index is 318. The van der Waals surface area contributed by atoms with Crippen LogP contribution in [0.5, 0.6) is 5.75 Å². The maximum atomic E-state index is 5.85. The fourth-order valence-electron chi connectivity index (χ4n) is 1.16. The molecule has 0 amide bonds. The molecule has 0 spiro atoms. The van der Waals surface area contributed by atoms with Crippen molar-refractivity contribution in [1.29, 1.82) is 0 Å². The van der Waals surface area contributed by atoms with E-state index in [0.29, 0.717) is 11.6 Å². The third-order valence-electron chi connectivity index (χ3n) is 1.81. The van der Waals surface area contributed by atoms with Crippen molar-refractivity contribution in [2.45, 2.75) is 10.9 Å². The second-order valence-electron chi connectivity index (χ2n) is 2.97. The van der Waals surface area contributed by atoms with Gasteiger partial charge in [-0.15, -0.1) is 11.8 Å². The molecule has 1 aromatic carbocycles. The number of ether oxygens (including phenoxy) is 1. The summed E-state index contributed by atoms with van der Waals surface area (Å²) in [5.74, 6) is 1.75. The molecule has 0 aromatic heterocycles. The molecule has 1 aliphatic rings. The van der Waals surface area contributed by atoms with Crippen LogP contribution in [0.4, 0.5) is 0 Å². The first-order valence-electron chi connectivity index (χ1n) is 4.06. The average Bonchev–Trinajstić information content (AvgIpc) is 2.29. The number of fused-ring (bicyclic) bond motifs is 1. The van der Waals surface area contributed by atoms with Crippen molar-refractivity contribution in [3.63, 3.8) is 0 Å². The fraction of sp³-hybridized carbons (Fsp3) is 0.333. The van der Waals surface area contributed by atoms with Crippen LogP contribution in [0.1, 0.15) is 0 Å². The van der Waals surface area contributed by atoms with Gasteiger partial charge in [0.25, 0.3) is 0 Å². The first-order chi connectivity index (χ1) is 6.25. The van der Waals surface area contributed by atoms with Gasteiger partial charge in [-0.3, -0.25) is 0 Å². The summed E-state index contributed by atoms with van der Waals surface area (Å²) in [7, 11) is 0. The first-order valence-corrected chi connectivity index (χ1v) is 5.43. The molecule has 1 heterocycles. The van der Waals surface area contributed by atoms with Crippen LogP contribution in [0.2, 0.25) is 5.02 Å². The van der Waals surface area contributed by atoms with Gasteiger partial charge in [0.1, 0.15) is 12.4 Å². The molecular formula is C9H10ClNOS. The highest BCUT2D eigenvalue weighted by Crippen LogP contribution is 2.34. The molecule has 0 aliphatic carbocycles. The van der Waals surface area contributed by atoms with Crippen molar-refractivity contribution < 1.29 is 4.74 Å². The van der Waals surface area contributed by atoms with Gasteiger partial charge in [0.05, 0.1) is 0 Å². The van der Waals surface area contributed by atoms with E-state index in [-0.39, 0.29) is 6.04 Å². The summed E-state index contributed by atoms with van der Waals surface area (Å²) < 4.78 is 5.51. The lowest BCUT2D eigenvalue weighted by Gasteiger charge is -2.07. The number of thioether (sulfide) groups is 1. The largest absolute Gasteiger partial charge is 0.491 e. The zero-order valence-electron chi connectivity index (χ0n) is 7.00. The van der Waals surface area contributed by atoms with Crippen LogP contribution in [0.15, 0.2) is 23.1 Å². The maximum Gasteiger partial charge on any atom is 0.134 e. The lowest BCUT2D eigenvalue weighted by Crippen LogP contribution is -2.28. The normalized spacial score (nSPS) is 21.5. The van der Waals surface area contributed by atoms with Crippen LogP contribution in [0, 0.1) is 0 Å². The predicted octanol–water partition coefficient (Wildman–Crippen LogP) is 2.15. The first kappa shape index (κ1) is 9.19. The summed E-state index contributed by atoms with van der Waals surface area (Å²) in [6.45, 7) is 0.570. The Labute approximate surface area is 86.4 Å². The Balaban J connectivity index is 2.30. The second-order valence-corrected chi connectivity index (χ2v) is 4.47. The van der Waals surface area contributed by atoms with Gasteiger partial charge in [-0.2, -0.15) is 0 Å².